The first-order valence-electron chi connectivity index (χ1n) is 5.18. The number of amides is 1. The first kappa shape index (κ1) is 11.7. The van der Waals surface area contributed by atoms with Gasteiger partial charge in [-0.1, -0.05) is 24.6 Å². The van der Waals surface area contributed by atoms with Crippen LogP contribution in [0.4, 0.5) is 5.69 Å². The number of nitrogens with two attached hydrogens (primary N) is 1. The van der Waals surface area contributed by atoms with E-state index in [0.29, 0.717) is 6.42 Å². The molecule has 0 spiro atoms. The van der Waals surface area contributed by atoms with Gasteiger partial charge in [-0.05, 0) is 31.9 Å². The van der Waals surface area contributed by atoms with Crippen molar-refractivity contribution in [2.24, 2.45) is 5.73 Å². The molecule has 15 heavy (non-hydrogen) atoms. The van der Waals surface area contributed by atoms with Gasteiger partial charge in [0.25, 0.3) is 0 Å². The summed E-state index contributed by atoms with van der Waals surface area (Å²) in [7, 11) is 0. The minimum atomic E-state index is -0.425. The van der Waals surface area contributed by atoms with Gasteiger partial charge in [-0.25, -0.2) is 0 Å². The normalized spacial score (nSPS) is 12.3. The van der Waals surface area contributed by atoms with Gasteiger partial charge in [0.15, 0.2) is 0 Å². The molecule has 0 radical (unpaired) electrons. The summed E-state index contributed by atoms with van der Waals surface area (Å²) in [5, 5.41) is 2.82. The summed E-state index contributed by atoms with van der Waals surface area (Å²) < 4.78 is 0. The maximum Gasteiger partial charge on any atom is 0.241 e. The summed E-state index contributed by atoms with van der Waals surface area (Å²) in [6.45, 7) is 5.89. The van der Waals surface area contributed by atoms with Crippen molar-refractivity contribution in [3.05, 3.63) is 29.3 Å². The summed E-state index contributed by atoms with van der Waals surface area (Å²) >= 11 is 0. The quantitative estimate of drug-likeness (QED) is 0.794. The van der Waals surface area contributed by atoms with Gasteiger partial charge in [-0.15, -0.1) is 0 Å². The first-order valence-corrected chi connectivity index (χ1v) is 5.18. The molecular formula is C12H18N2O. The van der Waals surface area contributed by atoms with E-state index >= 15 is 0 Å². The van der Waals surface area contributed by atoms with E-state index in [0.717, 1.165) is 11.3 Å². The topological polar surface area (TPSA) is 55.1 Å². The Morgan fingerprint density at radius 2 is 2.13 bits per heavy atom. The van der Waals surface area contributed by atoms with Crippen LogP contribution >= 0.6 is 0 Å². The van der Waals surface area contributed by atoms with E-state index in [1.54, 1.807) is 0 Å². The number of anilines is 1. The Kier molecular flexibility index (Phi) is 3.86. The zero-order valence-corrected chi connectivity index (χ0v) is 9.50. The molecule has 82 valence electrons. The predicted molar refractivity (Wildman–Crippen MR) is 62.8 cm³/mol. The van der Waals surface area contributed by atoms with Crippen molar-refractivity contribution >= 4 is 11.6 Å². The number of carbonyl (C=O) groups excluding carboxylic acids is 1. The molecule has 0 aliphatic rings. The number of benzene rings is 1. The average molecular weight is 206 g/mol. The van der Waals surface area contributed by atoms with Crippen molar-refractivity contribution in [1.29, 1.82) is 0 Å². The maximum absolute atomic E-state index is 11.5. The van der Waals surface area contributed by atoms with Gasteiger partial charge in [0.1, 0.15) is 0 Å². The van der Waals surface area contributed by atoms with Crippen molar-refractivity contribution in [3.8, 4) is 0 Å². The van der Waals surface area contributed by atoms with Crippen LogP contribution in [0.25, 0.3) is 0 Å². The van der Waals surface area contributed by atoms with Crippen LogP contribution in [0.2, 0.25) is 0 Å². The second-order valence-corrected chi connectivity index (χ2v) is 3.82. The Morgan fingerprint density at radius 1 is 1.47 bits per heavy atom. The van der Waals surface area contributed by atoms with Crippen LogP contribution in [-0.2, 0) is 4.79 Å². The standard InChI is InChI=1S/C12H18N2O/c1-4-10(13)12(15)14-11-6-5-8(2)7-9(11)3/h5-7,10H,4,13H2,1-3H3,(H,14,15). The van der Waals surface area contributed by atoms with E-state index in [1.807, 2.05) is 39.0 Å². The summed E-state index contributed by atoms with van der Waals surface area (Å²) in [6.07, 6.45) is 0.650. The number of hydrogen-bond acceptors (Lipinski definition) is 2. The van der Waals surface area contributed by atoms with Crippen molar-refractivity contribution in [1.82, 2.24) is 0 Å². The maximum atomic E-state index is 11.5. The van der Waals surface area contributed by atoms with Crippen LogP contribution in [-0.4, -0.2) is 11.9 Å². The van der Waals surface area contributed by atoms with E-state index in [-0.39, 0.29) is 5.91 Å². The second-order valence-electron chi connectivity index (χ2n) is 3.82. The molecule has 0 aliphatic carbocycles. The smallest absolute Gasteiger partial charge is 0.241 e. The minimum Gasteiger partial charge on any atom is -0.324 e. The molecule has 0 saturated carbocycles. The second kappa shape index (κ2) is 4.94. The molecule has 3 heteroatoms. The molecule has 3 nitrogen and oxygen atoms in total. The van der Waals surface area contributed by atoms with Crippen molar-refractivity contribution in [2.75, 3.05) is 5.32 Å². The molecule has 0 fully saturated rings. The number of hydrogen-bond donors (Lipinski definition) is 2. The van der Waals surface area contributed by atoms with E-state index in [9.17, 15) is 4.79 Å². The lowest BCUT2D eigenvalue weighted by Crippen LogP contribution is -2.34. The zero-order chi connectivity index (χ0) is 11.4. The van der Waals surface area contributed by atoms with Crippen LogP contribution in [0.15, 0.2) is 18.2 Å². The van der Waals surface area contributed by atoms with E-state index < -0.39 is 6.04 Å². The number of nitrogens with one attached hydrogen (secondary N) is 1. The number of aryl methyl sites for hydroxylation is 2. The molecule has 1 aromatic rings. The van der Waals surface area contributed by atoms with Gasteiger partial charge in [-0.3, -0.25) is 4.79 Å². The third kappa shape index (κ3) is 3.06. The summed E-state index contributed by atoms with van der Waals surface area (Å²) in [6, 6.07) is 5.49. The SMILES string of the molecule is CCC(N)C(=O)Nc1ccc(C)cc1C. The number of rotatable bonds is 3. The third-order valence-electron chi connectivity index (χ3n) is 2.42. The fourth-order valence-corrected chi connectivity index (χ4v) is 1.36. The van der Waals surface area contributed by atoms with Crippen LogP contribution in [0.1, 0.15) is 24.5 Å². The Morgan fingerprint density at radius 3 is 2.67 bits per heavy atom. The molecule has 1 unspecified atom stereocenters. The molecular weight excluding hydrogens is 188 g/mol. The van der Waals surface area contributed by atoms with Gasteiger partial charge in [0, 0.05) is 5.69 Å². The molecule has 0 aliphatic heterocycles. The van der Waals surface area contributed by atoms with Gasteiger partial charge < -0.3 is 11.1 Å². The van der Waals surface area contributed by atoms with Crippen LogP contribution in [0.5, 0.6) is 0 Å². The fourth-order valence-electron chi connectivity index (χ4n) is 1.36. The van der Waals surface area contributed by atoms with Crippen LogP contribution < -0.4 is 11.1 Å². The Bertz CT molecular complexity index is 361. The van der Waals surface area contributed by atoms with E-state index in [1.165, 1.54) is 5.56 Å². The van der Waals surface area contributed by atoms with Gasteiger partial charge in [0.05, 0.1) is 6.04 Å². The Hall–Kier alpha value is -1.35. The lowest BCUT2D eigenvalue weighted by molar-refractivity contribution is -0.117. The lowest BCUT2D eigenvalue weighted by Gasteiger charge is -2.12. The molecule has 0 heterocycles. The fraction of sp³-hybridized carbons (Fsp3) is 0.417. The van der Waals surface area contributed by atoms with E-state index in [2.05, 4.69) is 5.32 Å². The highest BCUT2D eigenvalue weighted by atomic mass is 16.2. The molecule has 1 aromatic carbocycles. The highest BCUT2D eigenvalue weighted by Gasteiger charge is 2.11. The van der Waals surface area contributed by atoms with E-state index in [4.69, 9.17) is 5.73 Å². The molecule has 3 N–H and O–H groups in total. The van der Waals surface area contributed by atoms with Gasteiger partial charge >= 0.3 is 0 Å². The van der Waals surface area contributed by atoms with Crippen molar-refractivity contribution < 1.29 is 4.79 Å². The first-order chi connectivity index (χ1) is 7.04. The van der Waals surface area contributed by atoms with Crippen LogP contribution in [0.3, 0.4) is 0 Å². The third-order valence-corrected chi connectivity index (χ3v) is 2.42. The summed E-state index contributed by atoms with van der Waals surface area (Å²) in [5.74, 6) is -0.121. The molecule has 1 amide bonds. The Labute approximate surface area is 90.7 Å². The largest absolute Gasteiger partial charge is 0.324 e. The monoisotopic (exact) mass is 206 g/mol. The molecule has 0 bridgehead atoms. The highest BCUT2D eigenvalue weighted by Crippen LogP contribution is 2.16. The van der Waals surface area contributed by atoms with Gasteiger partial charge in [-0.2, -0.15) is 0 Å². The van der Waals surface area contributed by atoms with Gasteiger partial charge in [0.2, 0.25) is 5.91 Å². The predicted octanol–water partition coefficient (Wildman–Crippen LogP) is 1.98. The molecule has 1 rings (SSSR count). The molecule has 1 atom stereocenters. The molecule has 0 aromatic heterocycles. The highest BCUT2D eigenvalue weighted by molar-refractivity contribution is 5.95. The lowest BCUT2D eigenvalue weighted by atomic mass is 10.1. The van der Waals surface area contributed by atoms with Crippen molar-refractivity contribution in [2.45, 2.75) is 33.2 Å². The zero-order valence-electron chi connectivity index (χ0n) is 9.50. The Balaban J connectivity index is 2.77. The van der Waals surface area contributed by atoms with Crippen molar-refractivity contribution in [3.63, 3.8) is 0 Å². The summed E-state index contributed by atoms with van der Waals surface area (Å²) in [5.41, 5.74) is 8.72. The molecule has 0 saturated heterocycles. The number of carbonyl (C=O) groups is 1. The minimum absolute atomic E-state index is 0.121. The summed E-state index contributed by atoms with van der Waals surface area (Å²) in [4.78, 5) is 11.5. The van der Waals surface area contributed by atoms with Crippen LogP contribution in [0, 0.1) is 13.8 Å². The average Bonchev–Trinajstić information content (AvgIpc) is 2.20.